The molecule has 2 aromatic rings. The maximum Gasteiger partial charge on any atom is 0.197 e. The largest absolute Gasteiger partial charge is 0.362 e. The van der Waals surface area contributed by atoms with E-state index in [0.717, 1.165) is 5.69 Å². The van der Waals surface area contributed by atoms with Gasteiger partial charge >= 0.3 is 0 Å². The van der Waals surface area contributed by atoms with E-state index < -0.39 is 0 Å². The van der Waals surface area contributed by atoms with Gasteiger partial charge in [-0.2, -0.15) is 0 Å². The number of carbonyl (C=O) groups is 1. The number of carbonyl (C=O) groups excluding carboxylic acids is 1. The van der Waals surface area contributed by atoms with Crippen LogP contribution in [0.1, 0.15) is 9.67 Å². The van der Waals surface area contributed by atoms with Gasteiger partial charge in [0.2, 0.25) is 0 Å². The van der Waals surface area contributed by atoms with Gasteiger partial charge in [0, 0.05) is 18.0 Å². The predicted octanol–water partition coefficient (Wildman–Crippen LogP) is 3.70. The fraction of sp³-hybridized carbons (Fsp3) is 0. The van der Waals surface area contributed by atoms with Gasteiger partial charge in [0.1, 0.15) is 5.82 Å². The molecule has 1 heterocycles. The molecule has 0 unspecified atom stereocenters. The summed E-state index contributed by atoms with van der Waals surface area (Å²) >= 11 is 1.40. The number of hydrogen-bond donors (Lipinski definition) is 1. The second-order valence-corrected chi connectivity index (χ2v) is 4.27. The second kappa shape index (κ2) is 5.41. The molecular formula is C13H10FNOS. The van der Waals surface area contributed by atoms with Crippen molar-refractivity contribution in [3.05, 3.63) is 64.7 Å². The predicted molar refractivity (Wildman–Crippen MR) is 67.8 cm³/mol. The standard InChI is InChI=1S/C13H10FNOS/c14-10-3-5-11(6-4-10)15-8-7-12(16)13-2-1-9-17-13/h1-9,15H/b8-7+. The molecule has 2 rings (SSSR count). The maximum absolute atomic E-state index is 12.6. The molecule has 0 fully saturated rings. The van der Waals surface area contributed by atoms with E-state index >= 15 is 0 Å². The first-order valence-corrected chi connectivity index (χ1v) is 5.90. The fourth-order valence-electron chi connectivity index (χ4n) is 1.26. The summed E-state index contributed by atoms with van der Waals surface area (Å²) in [5, 5.41) is 4.76. The normalized spacial score (nSPS) is 10.6. The van der Waals surface area contributed by atoms with E-state index in [2.05, 4.69) is 5.32 Å². The number of thiophene rings is 1. The van der Waals surface area contributed by atoms with Crippen LogP contribution in [0.5, 0.6) is 0 Å². The van der Waals surface area contributed by atoms with Crippen molar-refractivity contribution in [2.75, 3.05) is 5.32 Å². The second-order valence-electron chi connectivity index (χ2n) is 3.33. The number of hydrogen-bond acceptors (Lipinski definition) is 3. The highest BCUT2D eigenvalue weighted by Crippen LogP contribution is 2.11. The molecule has 0 saturated heterocycles. The van der Waals surface area contributed by atoms with Crippen molar-refractivity contribution in [1.82, 2.24) is 0 Å². The van der Waals surface area contributed by atoms with Gasteiger partial charge in [-0.3, -0.25) is 4.79 Å². The summed E-state index contributed by atoms with van der Waals surface area (Å²) < 4.78 is 12.6. The Morgan fingerprint density at radius 2 is 2.00 bits per heavy atom. The molecule has 0 radical (unpaired) electrons. The summed E-state index contributed by atoms with van der Waals surface area (Å²) in [5.74, 6) is -0.330. The van der Waals surface area contributed by atoms with E-state index in [-0.39, 0.29) is 11.6 Å². The van der Waals surface area contributed by atoms with Crippen molar-refractivity contribution in [3.63, 3.8) is 0 Å². The Hall–Kier alpha value is -1.94. The van der Waals surface area contributed by atoms with Crippen LogP contribution in [-0.2, 0) is 0 Å². The van der Waals surface area contributed by atoms with Crippen LogP contribution in [0.2, 0.25) is 0 Å². The zero-order valence-corrected chi connectivity index (χ0v) is 9.71. The first-order chi connectivity index (χ1) is 8.25. The van der Waals surface area contributed by atoms with Crippen molar-refractivity contribution in [1.29, 1.82) is 0 Å². The van der Waals surface area contributed by atoms with Crippen molar-refractivity contribution < 1.29 is 9.18 Å². The molecule has 0 spiro atoms. The molecule has 2 nitrogen and oxygen atoms in total. The fourth-order valence-corrected chi connectivity index (χ4v) is 1.91. The van der Waals surface area contributed by atoms with Crippen molar-refractivity contribution in [3.8, 4) is 0 Å². The van der Waals surface area contributed by atoms with E-state index in [9.17, 15) is 9.18 Å². The summed E-state index contributed by atoms with van der Waals surface area (Å²) in [6.07, 6.45) is 3.00. The Morgan fingerprint density at radius 3 is 2.65 bits per heavy atom. The molecule has 17 heavy (non-hydrogen) atoms. The number of rotatable bonds is 4. The Balaban J connectivity index is 1.94. The van der Waals surface area contributed by atoms with Gasteiger partial charge in [-0.25, -0.2) is 4.39 Å². The molecule has 0 bridgehead atoms. The number of anilines is 1. The zero-order chi connectivity index (χ0) is 12.1. The topological polar surface area (TPSA) is 29.1 Å². The summed E-state index contributed by atoms with van der Waals surface area (Å²) in [6, 6.07) is 9.54. The van der Waals surface area contributed by atoms with Crippen molar-refractivity contribution >= 4 is 22.8 Å². The molecule has 0 amide bonds. The Kier molecular flexibility index (Phi) is 3.67. The molecule has 86 valence electrons. The van der Waals surface area contributed by atoms with Crippen LogP contribution in [0, 0.1) is 5.82 Å². The smallest absolute Gasteiger partial charge is 0.197 e. The minimum absolute atomic E-state index is 0.0467. The van der Waals surface area contributed by atoms with Gasteiger partial charge in [0.15, 0.2) is 5.78 Å². The Bertz CT molecular complexity index is 517. The molecule has 1 aromatic heterocycles. The highest BCUT2D eigenvalue weighted by atomic mass is 32.1. The summed E-state index contributed by atoms with van der Waals surface area (Å²) in [6.45, 7) is 0. The number of allylic oxidation sites excluding steroid dienone is 1. The zero-order valence-electron chi connectivity index (χ0n) is 8.89. The van der Waals surface area contributed by atoms with Crippen LogP contribution in [0.3, 0.4) is 0 Å². The van der Waals surface area contributed by atoms with Crippen molar-refractivity contribution in [2.24, 2.45) is 0 Å². The molecule has 1 N–H and O–H groups in total. The number of benzene rings is 1. The molecule has 0 aliphatic heterocycles. The Morgan fingerprint density at radius 1 is 1.24 bits per heavy atom. The summed E-state index contributed by atoms with van der Waals surface area (Å²) in [7, 11) is 0. The van der Waals surface area contributed by atoms with Gasteiger partial charge in [-0.05, 0) is 35.7 Å². The average Bonchev–Trinajstić information content (AvgIpc) is 2.85. The lowest BCUT2D eigenvalue weighted by Gasteiger charge is -1.98. The first-order valence-electron chi connectivity index (χ1n) is 5.02. The van der Waals surface area contributed by atoms with Crippen LogP contribution in [-0.4, -0.2) is 5.78 Å². The van der Waals surface area contributed by atoms with E-state index in [1.54, 1.807) is 24.4 Å². The lowest BCUT2D eigenvalue weighted by atomic mass is 10.3. The van der Waals surface area contributed by atoms with Crippen LogP contribution >= 0.6 is 11.3 Å². The van der Waals surface area contributed by atoms with Gasteiger partial charge in [0.25, 0.3) is 0 Å². The average molecular weight is 247 g/mol. The van der Waals surface area contributed by atoms with Gasteiger partial charge in [-0.1, -0.05) is 6.07 Å². The lowest BCUT2D eigenvalue weighted by Crippen LogP contribution is -1.93. The Labute approximate surface area is 102 Å². The van der Waals surface area contributed by atoms with E-state index in [0.29, 0.717) is 4.88 Å². The van der Waals surface area contributed by atoms with Gasteiger partial charge in [-0.15, -0.1) is 11.3 Å². The molecule has 0 atom stereocenters. The molecule has 4 heteroatoms. The van der Waals surface area contributed by atoms with E-state index in [4.69, 9.17) is 0 Å². The highest BCUT2D eigenvalue weighted by molar-refractivity contribution is 7.12. The van der Waals surface area contributed by atoms with Crippen molar-refractivity contribution in [2.45, 2.75) is 0 Å². The molecule has 1 aromatic carbocycles. The number of halogens is 1. The third-order valence-corrected chi connectivity index (χ3v) is 2.98. The lowest BCUT2D eigenvalue weighted by molar-refractivity contribution is 0.105. The third-order valence-electron chi connectivity index (χ3n) is 2.09. The maximum atomic E-state index is 12.6. The number of ketones is 1. The highest BCUT2D eigenvalue weighted by Gasteiger charge is 2.00. The first kappa shape index (κ1) is 11.5. The van der Waals surface area contributed by atoms with Crippen LogP contribution in [0.4, 0.5) is 10.1 Å². The molecule has 0 aliphatic carbocycles. The minimum atomic E-state index is -0.283. The van der Waals surface area contributed by atoms with Gasteiger partial charge in [0.05, 0.1) is 4.88 Å². The molecule has 0 aliphatic rings. The van der Waals surface area contributed by atoms with Gasteiger partial charge < -0.3 is 5.32 Å². The SMILES string of the molecule is O=C(/C=C/Nc1ccc(F)cc1)c1cccs1. The van der Waals surface area contributed by atoms with Crippen LogP contribution in [0.25, 0.3) is 0 Å². The molecule has 0 saturated carbocycles. The summed E-state index contributed by atoms with van der Waals surface area (Å²) in [4.78, 5) is 12.3. The van der Waals surface area contributed by atoms with E-state index in [1.807, 2.05) is 11.4 Å². The molecular weight excluding hydrogens is 237 g/mol. The third kappa shape index (κ3) is 3.26. The monoisotopic (exact) mass is 247 g/mol. The van der Waals surface area contributed by atoms with Crippen LogP contribution < -0.4 is 5.32 Å². The summed E-state index contributed by atoms with van der Waals surface area (Å²) in [5.41, 5.74) is 0.738. The minimum Gasteiger partial charge on any atom is -0.362 e. The van der Waals surface area contributed by atoms with Crippen LogP contribution in [0.15, 0.2) is 54.1 Å². The number of nitrogens with one attached hydrogen (secondary N) is 1. The quantitative estimate of drug-likeness (QED) is 0.659. The van der Waals surface area contributed by atoms with E-state index in [1.165, 1.54) is 29.5 Å².